The number of rotatable bonds is 1. The lowest BCUT2D eigenvalue weighted by atomic mass is 9.93. The molecule has 1 aromatic carbocycles. The molecular formula is C13H14F2N2. The normalized spacial score (nSPS) is 18.2. The highest BCUT2D eigenvalue weighted by molar-refractivity contribution is 5.53. The van der Waals surface area contributed by atoms with Crippen LogP contribution < -0.4 is 4.90 Å². The van der Waals surface area contributed by atoms with Gasteiger partial charge in [0.15, 0.2) is 11.6 Å². The second-order valence-corrected chi connectivity index (χ2v) is 5.24. The van der Waals surface area contributed by atoms with E-state index in [1.807, 2.05) is 0 Å². The van der Waals surface area contributed by atoms with E-state index in [2.05, 4.69) is 13.8 Å². The van der Waals surface area contributed by atoms with Crippen molar-refractivity contribution in [3.63, 3.8) is 0 Å². The molecule has 0 amide bonds. The third kappa shape index (κ3) is 2.23. The average Bonchev–Trinajstić information content (AvgIpc) is 2.57. The first-order chi connectivity index (χ1) is 7.93. The van der Waals surface area contributed by atoms with E-state index in [0.29, 0.717) is 13.1 Å². The first kappa shape index (κ1) is 11.8. The Bertz CT molecular complexity index is 466. The number of halogens is 2. The average molecular weight is 236 g/mol. The summed E-state index contributed by atoms with van der Waals surface area (Å²) in [5.41, 5.74) is 0.0871. The van der Waals surface area contributed by atoms with E-state index in [4.69, 9.17) is 5.26 Å². The number of hydrogen-bond donors (Lipinski definition) is 0. The Balaban J connectivity index is 2.38. The fourth-order valence-corrected chi connectivity index (χ4v) is 2.24. The predicted molar refractivity (Wildman–Crippen MR) is 61.7 cm³/mol. The zero-order chi connectivity index (χ0) is 12.6. The Hall–Kier alpha value is -1.63. The fourth-order valence-electron chi connectivity index (χ4n) is 2.24. The highest BCUT2D eigenvalue weighted by Crippen LogP contribution is 2.35. The van der Waals surface area contributed by atoms with Crippen molar-refractivity contribution >= 4 is 5.69 Å². The van der Waals surface area contributed by atoms with E-state index in [-0.39, 0.29) is 16.7 Å². The van der Waals surface area contributed by atoms with Crippen molar-refractivity contribution in [1.82, 2.24) is 0 Å². The molecular weight excluding hydrogens is 222 g/mol. The van der Waals surface area contributed by atoms with Crippen LogP contribution in [-0.2, 0) is 0 Å². The quantitative estimate of drug-likeness (QED) is 0.749. The van der Waals surface area contributed by atoms with Gasteiger partial charge in [-0.15, -0.1) is 0 Å². The van der Waals surface area contributed by atoms with Crippen molar-refractivity contribution in [2.24, 2.45) is 5.41 Å². The van der Waals surface area contributed by atoms with Crippen molar-refractivity contribution in [2.75, 3.05) is 18.0 Å². The minimum Gasteiger partial charge on any atom is -0.366 e. The summed E-state index contributed by atoms with van der Waals surface area (Å²) in [6.07, 6.45) is 0.909. The fraction of sp³-hybridized carbons (Fsp3) is 0.462. The molecule has 0 spiro atoms. The SMILES string of the molecule is CC1(C)CCN(c2c(F)cc(C#N)cc2F)C1. The Morgan fingerprint density at radius 2 is 1.88 bits per heavy atom. The van der Waals surface area contributed by atoms with Gasteiger partial charge >= 0.3 is 0 Å². The predicted octanol–water partition coefficient (Wildman–Crippen LogP) is 3.07. The van der Waals surface area contributed by atoms with E-state index in [0.717, 1.165) is 18.6 Å². The molecule has 1 aromatic rings. The van der Waals surface area contributed by atoms with Crippen molar-refractivity contribution in [3.8, 4) is 6.07 Å². The maximum atomic E-state index is 13.8. The molecule has 1 aliphatic heterocycles. The molecule has 90 valence electrons. The van der Waals surface area contributed by atoms with Gasteiger partial charge in [-0.25, -0.2) is 8.78 Å². The van der Waals surface area contributed by atoms with Crippen LogP contribution in [0.1, 0.15) is 25.8 Å². The van der Waals surface area contributed by atoms with Gasteiger partial charge in [-0.2, -0.15) is 5.26 Å². The van der Waals surface area contributed by atoms with Crippen molar-refractivity contribution < 1.29 is 8.78 Å². The number of nitrogens with zero attached hydrogens (tertiary/aromatic N) is 2. The number of benzene rings is 1. The standard InChI is InChI=1S/C13H14F2N2/c1-13(2)3-4-17(8-13)12-10(14)5-9(7-16)6-11(12)15/h5-6H,3-4,8H2,1-2H3. The molecule has 2 nitrogen and oxygen atoms in total. The molecule has 0 bridgehead atoms. The van der Waals surface area contributed by atoms with Crippen molar-refractivity contribution in [3.05, 3.63) is 29.3 Å². The Labute approximate surface area is 99.5 Å². The minimum atomic E-state index is -0.653. The number of hydrogen-bond acceptors (Lipinski definition) is 2. The van der Waals surface area contributed by atoms with Crippen molar-refractivity contribution in [1.29, 1.82) is 5.26 Å². The summed E-state index contributed by atoms with van der Waals surface area (Å²) in [5, 5.41) is 8.63. The topological polar surface area (TPSA) is 27.0 Å². The molecule has 1 saturated heterocycles. The van der Waals surface area contributed by atoms with Gasteiger partial charge < -0.3 is 4.90 Å². The third-order valence-electron chi connectivity index (χ3n) is 3.14. The summed E-state index contributed by atoms with van der Waals surface area (Å²) in [4.78, 5) is 1.71. The Morgan fingerprint density at radius 3 is 2.29 bits per heavy atom. The number of nitriles is 1. The molecule has 1 aliphatic rings. The summed E-state index contributed by atoms with van der Waals surface area (Å²) in [6.45, 7) is 5.43. The van der Waals surface area contributed by atoms with Gasteiger partial charge in [-0.3, -0.25) is 0 Å². The monoisotopic (exact) mass is 236 g/mol. The van der Waals surface area contributed by atoms with Crippen LogP contribution in [0.4, 0.5) is 14.5 Å². The van der Waals surface area contributed by atoms with E-state index < -0.39 is 11.6 Å². The summed E-state index contributed by atoms with van der Waals surface area (Å²) >= 11 is 0. The molecule has 0 aliphatic carbocycles. The second-order valence-electron chi connectivity index (χ2n) is 5.24. The summed E-state index contributed by atoms with van der Waals surface area (Å²) < 4.78 is 27.5. The van der Waals surface area contributed by atoms with E-state index in [9.17, 15) is 8.78 Å². The van der Waals surface area contributed by atoms with Crippen LogP contribution in [0.2, 0.25) is 0 Å². The van der Waals surface area contributed by atoms with Crippen LogP contribution >= 0.6 is 0 Å². The molecule has 0 N–H and O–H groups in total. The Morgan fingerprint density at radius 1 is 1.29 bits per heavy atom. The lowest BCUT2D eigenvalue weighted by Crippen LogP contribution is -2.24. The zero-order valence-corrected chi connectivity index (χ0v) is 9.93. The van der Waals surface area contributed by atoms with Crippen LogP contribution in [0, 0.1) is 28.4 Å². The Kier molecular flexibility index (Phi) is 2.78. The molecule has 0 radical (unpaired) electrons. The minimum absolute atomic E-state index is 0.00502. The smallest absolute Gasteiger partial charge is 0.150 e. The second kappa shape index (κ2) is 3.99. The molecule has 1 heterocycles. The van der Waals surface area contributed by atoms with Gasteiger partial charge in [0, 0.05) is 13.1 Å². The van der Waals surface area contributed by atoms with Crippen LogP contribution in [0.15, 0.2) is 12.1 Å². The lowest BCUT2D eigenvalue weighted by Gasteiger charge is -2.22. The first-order valence-corrected chi connectivity index (χ1v) is 5.57. The molecule has 17 heavy (non-hydrogen) atoms. The highest BCUT2D eigenvalue weighted by atomic mass is 19.1. The largest absolute Gasteiger partial charge is 0.366 e. The highest BCUT2D eigenvalue weighted by Gasteiger charge is 2.32. The maximum absolute atomic E-state index is 13.8. The zero-order valence-electron chi connectivity index (χ0n) is 9.93. The van der Waals surface area contributed by atoms with E-state index in [1.54, 1.807) is 11.0 Å². The van der Waals surface area contributed by atoms with E-state index in [1.165, 1.54) is 0 Å². The van der Waals surface area contributed by atoms with Crippen LogP contribution in [0.5, 0.6) is 0 Å². The molecule has 0 unspecified atom stereocenters. The van der Waals surface area contributed by atoms with Crippen LogP contribution in [0.25, 0.3) is 0 Å². The van der Waals surface area contributed by atoms with Gasteiger partial charge in [0.2, 0.25) is 0 Å². The molecule has 0 aromatic heterocycles. The summed E-state index contributed by atoms with van der Waals surface area (Å²) in [7, 11) is 0. The van der Waals surface area contributed by atoms with Gasteiger partial charge in [-0.1, -0.05) is 13.8 Å². The van der Waals surface area contributed by atoms with E-state index >= 15 is 0 Å². The number of anilines is 1. The van der Waals surface area contributed by atoms with Gasteiger partial charge in [0.25, 0.3) is 0 Å². The first-order valence-electron chi connectivity index (χ1n) is 5.57. The molecule has 0 atom stereocenters. The van der Waals surface area contributed by atoms with Gasteiger partial charge in [0.1, 0.15) is 5.69 Å². The summed E-state index contributed by atoms with van der Waals surface area (Å²) in [5.74, 6) is -1.31. The summed E-state index contributed by atoms with van der Waals surface area (Å²) in [6, 6.07) is 3.92. The molecule has 4 heteroatoms. The van der Waals surface area contributed by atoms with Gasteiger partial charge in [0.05, 0.1) is 11.6 Å². The maximum Gasteiger partial charge on any atom is 0.150 e. The third-order valence-corrected chi connectivity index (χ3v) is 3.14. The molecule has 2 rings (SSSR count). The van der Waals surface area contributed by atoms with Crippen LogP contribution in [0.3, 0.4) is 0 Å². The lowest BCUT2D eigenvalue weighted by molar-refractivity contribution is 0.417. The molecule has 1 fully saturated rings. The van der Waals surface area contributed by atoms with Crippen LogP contribution in [-0.4, -0.2) is 13.1 Å². The van der Waals surface area contributed by atoms with Crippen molar-refractivity contribution in [2.45, 2.75) is 20.3 Å². The molecule has 0 saturated carbocycles. The van der Waals surface area contributed by atoms with Gasteiger partial charge in [-0.05, 0) is 24.0 Å².